The standard InChI is InChI=1S/C19H20ClIN4S.C2H6/c1-23-8-10-24(11-9-23)13-14-2-4-15(5-3-14)18-12-16-17(20)6-7-22-19(16)25(18)26-21;1-2/h2-7,12H,8-11,13H2,1H3;1-2H3. The number of fused-ring (bicyclic) bond motifs is 1. The van der Waals surface area contributed by atoms with Crippen LogP contribution in [-0.4, -0.2) is 52.0 Å². The number of hydrogen-bond acceptors (Lipinski definition) is 4. The van der Waals surface area contributed by atoms with Crippen molar-refractivity contribution in [3.8, 4) is 11.3 Å². The average Bonchev–Trinajstić information content (AvgIpc) is 3.12. The van der Waals surface area contributed by atoms with Crippen molar-refractivity contribution in [3.05, 3.63) is 53.2 Å². The summed E-state index contributed by atoms with van der Waals surface area (Å²) >= 11 is 8.65. The molecule has 4 nitrogen and oxygen atoms in total. The van der Waals surface area contributed by atoms with Crippen molar-refractivity contribution < 1.29 is 0 Å². The van der Waals surface area contributed by atoms with Gasteiger partial charge in [0.1, 0.15) is 0 Å². The first-order valence-electron chi connectivity index (χ1n) is 9.61. The van der Waals surface area contributed by atoms with Crippen molar-refractivity contribution >= 4 is 53.0 Å². The maximum atomic E-state index is 6.36. The Balaban J connectivity index is 0.00000109. The quantitative estimate of drug-likeness (QED) is 0.389. The molecule has 150 valence electrons. The van der Waals surface area contributed by atoms with E-state index in [0.717, 1.165) is 54.5 Å². The molecule has 0 N–H and O–H groups in total. The number of benzene rings is 1. The van der Waals surface area contributed by atoms with E-state index in [4.69, 9.17) is 11.6 Å². The van der Waals surface area contributed by atoms with Gasteiger partial charge in [0.05, 0.1) is 10.7 Å². The highest BCUT2D eigenvalue weighted by molar-refractivity contribution is 14.2. The Bertz CT molecular complexity index is 905. The smallest absolute Gasteiger partial charge is 0.152 e. The Morgan fingerprint density at radius 1 is 1.07 bits per heavy atom. The summed E-state index contributed by atoms with van der Waals surface area (Å²) in [4.78, 5) is 9.41. The van der Waals surface area contributed by atoms with Crippen LogP contribution in [0.5, 0.6) is 0 Å². The highest BCUT2D eigenvalue weighted by Crippen LogP contribution is 2.36. The molecule has 4 rings (SSSR count). The van der Waals surface area contributed by atoms with Gasteiger partial charge in [-0.1, -0.05) is 49.7 Å². The molecule has 1 saturated heterocycles. The zero-order valence-corrected chi connectivity index (χ0v) is 20.3. The highest BCUT2D eigenvalue weighted by Gasteiger charge is 2.16. The van der Waals surface area contributed by atoms with Crippen molar-refractivity contribution in [2.75, 3.05) is 33.2 Å². The summed E-state index contributed by atoms with van der Waals surface area (Å²) < 4.78 is 2.14. The summed E-state index contributed by atoms with van der Waals surface area (Å²) in [5, 5.41) is 1.74. The molecular formula is C21H26ClIN4S. The minimum absolute atomic E-state index is 0.743. The van der Waals surface area contributed by atoms with Gasteiger partial charge in [-0.25, -0.2) is 4.98 Å². The average molecular weight is 529 g/mol. The van der Waals surface area contributed by atoms with Gasteiger partial charge < -0.3 is 4.90 Å². The fraction of sp³-hybridized carbons (Fsp3) is 0.381. The van der Waals surface area contributed by atoms with Gasteiger partial charge in [-0.15, -0.1) is 0 Å². The minimum Gasteiger partial charge on any atom is -0.304 e. The van der Waals surface area contributed by atoms with Crippen LogP contribution in [0.4, 0.5) is 0 Å². The Kier molecular flexibility index (Phi) is 8.05. The van der Waals surface area contributed by atoms with Crippen LogP contribution in [0.3, 0.4) is 0 Å². The molecule has 1 aliphatic heterocycles. The van der Waals surface area contributed by atoms with Crippen molar-refractivity contribution in [2.24, 2.45) is 0 Å². The van der Waals surface area contributed by atoms with Gasteiger partial charge >= 0.3 is 0 Å². The third-order valence-corrected chi connectivity index (χ3v) is 6.95. The first-order valence-corrected chi connectivity index (χ1v) is 13.3. The zero-order valence-electron chi connectivity index (χ0n) is 16.5. The maximum absolute atomic E-state index is 6.36. The second-order valence-corrected chi connectivity index (χ2v) is 8.79. The Hall–Kier alpha value is -0.800. The molecule has 3 aromatic rings. The largest absolute Gasteiger partial charge is 0.304 e. The van der Waals surface area contributed by atoms with Crippen molar-refractivity contribution in [1.29, 1.82) is 0 Å². The van der Waals surface area contributed by atoms with Crippen LogP contribution in [0.15, 0.2) is 42.6 Å². The third kappa shape index (κ3) is 4.84. The van der Waals surface area contributed by atoms with E-state index in [9.17, 15) is 0 Å². The summed E-state index contributed by atoms with van der Waals surface area (Å²) in [6, 6.07) is 12.9. The first kappa shape index (κ1) is 21.9. The molecule has 0 saturated carbocycles. The molecule has 1 aliphatic rings. The number of rotatable bonds is 4. The van der Waals surface area contributed by atoms with Gasteiger partial charge in [-0.05, 0) is 30.3 Å². The molecule has 0 unspecified atom stereocenters. The SMILES string of the molecule is CC.CN1CCN(Cc2ccc(-c3cc4c(Cl)ccnc4n3SI)cc2)CC1. The van der Waals surface area contributed by atoms with E-state index >= 15 is 0 Å². The van der Waals surface area contributed by atoms with Crippen LogP contribution in [0, 0.1) is 0 Å². The summed E-state index contributed by atoms with van der Waals surface area (Å²) in [6.45, 7) is 9.60. The van der Waals surface area contributed by atoms with Crippen molar-refractivity contribution in [1.82, 2.24) is 18.8 Å². The van der Waals surface area contributed by atoms with Crippen LogP contribution in [0.1, 0.15) is 19.4 Å². The molecule has 3 heterocycles. The van der Waals surface area contributed by atoms with E-state index in [-0.39, 0.29) is 0 Å². The van der Waals surface area contributed by atoms with Crippen LogP contribution in [0.2, 0.25) is 5.02 Å². The number of pyridine rings is 1. The van der Waals surface area contributed by atoms with Crippen molar-refractivity contribution in [3.63, 3.8) is 0 Å². The summed E-state index contributed by atoms with van der Waals surface area (Å²) in [5.74, 6) is 0. The number of hydrogen-bond donors (Lipinski definition) is 0. The molecule has 7 heteroatoms. The Morgan fingerprint density at radius 3 is 2.39 bits per heavy atom. The lowest BCUT2D eigenvalue weighted by Crippen LogP contribution is -2.43. The molecule has 2 aromatic heterocycles. The lowest BCUT2D eigenvalue weighted by molar-refractivity contribution is 0.148. The van der Waals surface area contributed by atoms with E-state index in [1.807, 2.05) is 19.9 Å². The molecule has 0 atom stereocenters. The second-order valence-electron chi connectivity index (χ2n) is 6.70. The normalized spacial score (nSPS) is 15.5. The molecule has 1 fully saturated rings. The van der Waals surface area contributed by atoms with Gasteiger partial charge in [0.2, 0.25) is 0 Å². The van der Waals surface area contributed by atoms with Gasteiger partial charge in [0.15, 0.2) is 5.65 Å². The number of aromatic nitrogens is 2. The topological polar surface area (TPSA) is 24.3 Å². The highest BCUT2D eigenvalue weighted by atomic mass is 127. The zero-order chi connectivity index (χ0) is 20.1. The van der Waals surface area contributed by atoms with Gasteiger partial charge in [-0.2, -0.15) is 0 Å². The molecular weight excluding hydrogens is 503 g/mol. The fourth-order valence-corrected chi connectivity index (χ4v) is 5.19. The molecule has 0 aliphatic carbocycles. The number of likely N-dealkylation sites (N-methyl/N-ethyl adjacent to an activating group) is 1. The second kappa shape index (κ2) is 10.3. The fourth-order valence-electron chi connectivity index (χ4n) is 3.36. The van der Waals surface area contributed by atoms with Gasteiger partial charge in [0, 0.05) is 74.6 Å². The summed E-state index contributed by atoms with van der Waals surface area (Å²) in [5.41, 5.74) is 4.59. The lowest BCUT2D eigenvalue weighted by atomic mass is 10.1. The van der Waals surface area contributed by atoms with E-state index < -0.39 is 0 Å². The number of piperazine rings is 1. The Morgan fingerprint density at radius 2 is 1.75 bits per heavy atom. The van der Waals surface area contributed by atoms with Crippen LogP contribution < -0.4 is 0 Å². The summed E-state index contributed by atoms with van der Waals surface area (Å²) in [7, 11) is 3.81. The van der Waals surface area contributed by atoms with Crippen LogP contribution in [-0.2, 0) is 6.54 Å². The van der Waals surface area contributed by atoms with Gasteiger partial charge in [-0.3, -0.25) is 8.87 Å². The monoisotopic (exact) mass is 528 g/mol. The maximum Gasteiger partial charge on any atom is 0.152 e. The molecule has 0 spiro atoms. The molecule has 0 bridgehead atoms. The predicted octanol–water partition coefficient (Wildman–Crippen LogP) is 5.98. The molecule has 28 heavy (non-hydrogen) atoms. The van der Waals surface area contributed by atoms with E-state index in [1.165, 1.54) is 11.1 Å². The lowest BCUT2D eigenvalue weighted by Gasteiger charge is -2.32. The third-order valence-electron chi connectivity index (χ3n) is 4.93. The van der Waals surface area contributed by atoms with Crippen LogP contribution in [0.25, 0.3) is 22.3 Å². The van der Waals surface area contributed by atoms with Gasteiger partial charge in [0.25, 0.3) is 0 Å². The van der Waals surface area contributed by atoms with Crippen LogP contribution >= 0.6 is 41.9 Å². The molecule has 0 amide bonds. The Labute approximate surface area is 189 Å². The van der Waals surface area contributed by atoms with E-state index in [0.29, 0.717) is 0 Å². The number of nitrogens with zero attached hydrogens (tertiary/aromatic N) is 4. The minimum atomic E-state index is 0.743. The number of halogens is 2. The predicted molar refractivity (Wildman–Crippen MR) is 131 cm³/mol. The summed E-state index contributed by atoms with van der Waals surface area (Å²) in [6.07, 6.45) is 1.76. The van der Waals surface area contributed by atoms with E-state index in [1.54, 1.807) is 15.3 Å². The van der Waals surface area contributed by atoms with E-state index in [2.05, 4.69) is 77.3 Å². The molecule has 0 radical (unpaired) electrons. The molecule has 1 aromatic carbocycles. The van der Waals surface area contributed by atoms with Crippen molar-refractivity contribution in [2.45, 2.75) is 20.4 Å². The first-order chi connectivity index (χ1) is 13.7.